The SMILES string of the molecule is Cc1cc(C)c(-c2nc(CCO)[nH]c2Br)c(C)c1. The fourth-order valence-corrected chi connectivity index (χ4v) is 2.86. The minimum atomic E-state index is 0.102. The Labute approximate surface area is 115 Å². The molecule has 4 heteroatoms. The third-order valence-corrected chi connectivity index (χ3v) is 3.54. The molecule has 3 nitrogen and oxygen atoms in total. The molecular weight excluding hydrogens is 292 g/mol. The van der Waals surface area contributed by atoms with E-state index in [9.17, 15) is 0 Å². The van der Waals surface area contributed by atoms with Crippen LogP contribution in [0.25, 0.3) is 11.3 Å². The van der Waals surface area contributed by atoms with Gasteiger partial charge in [0.25, 0.3) is 0 Å². The van der Waals surface area contributed by atoms with Crippen LogP contribution >= 0.6 is 15.9 Å². The lowest BCUT2D eigenvalue weighted by Crippen LogP contribution is -1.94. The summed E-state index contributed by atoms with van der Waals surface area (Å²) >= 11 is 3.51. The molecule has 0 saturated heterocycles. The summed E-state index contributed by atoms with van der Waals surface area (Å²) in [5.41, 5.74) is 5.78. The standard InChI is InChI=1S/C14H17BrN2O/c1-8-6-9(2)12(10(3)7-8)13-14(15)17-11(16-13)4-5-18/h6-7,18H,4-5H2,1-3H3,(H,16,17). The summed E-state index contributed by atoms with van der Waals surface area (Å²) in [6.45, 7) is 6.40. The molecule has 2 rings (SSSR count). The number of rotatable bonds is 3. The number of nitrogens with one attached hydrogen (secondary N) is 1. The van der Waals surface area contributed by atoms with Gasteiger partial charge in [-0.15, -0.1) is 0 Å². The molecule has 2 aromatic rings. The van der Waals surface area contributed by atoms with E-state index in [1.165, 1.54) is 16.7 Å². The summed E-state index contributed by atoms with van der Waals surface area (Å²) in [4.78, 5) is 7.72. The fourth-order valence-electron chi connectivity index (χ4n) is 2.34. The first-order valence-electron chi connectivity index (χ1n) is 5.96. The second kappa shape index (κ2) is 5.24. The van der Waals surface area contributed by atoms with Gasteiger partial charge in [0.15, 0.2) is 0 Å². The Morgan fingerprint density at radius 3 is 2.39 bits per heavy atom. The van der Waals surface area contributed by atoms with Crippen LogP contribution < -0.4 is 0 Å². The Kier molecular flexibility index (Phi) is 3.88. The van der Waals surface area contributed by atoms with Crippen molar-refractivity contribution in [3.05, 3.63) is 39.3 Å². The first-order chi connectivity index (χ1) is 8.52. The maximum Gasteiger partial charge on any atom is 0.110 e. The molecule has 0 fully saturated rings. The Morgan fingerprint density at radius 2 is 1.83 bits per heavy atom. The predicted octanol–water partition coefficient (Wildman–Crippen LogP) is 3.30. The van der Waals surface area contributed by atoms with Crippen LogP contribution in [-0.4, -0.2) is 21.7 Å². The van der Waals surface area contributed by atoms with Crippen LogP contribution in [0.3, 0.4) is 0 Å². The quantitative estimate of drug-likeness (QED) is 0.914. The second-order valence-corrected chi connectivity index (χ2v) is 5.39. The number of halogens is 1. The minimum absolute atomic E-state index is 0.102. The molecule has 0 unspecified atom stereocenters. The van der Waals surface area contributed by atoms with Gasteiger partial charge < -0.3 is 10.1 Å². The Balaban J connectivity index is 2.55. The van der Waals surface area contributed by atoms with Crippen molar-refractivity contribution >= 4 is 15.9 Å². The number of aliphatic hydroxyl groups is 1. The van der Waals surface area contributed by atoms with Crippen molar-refractivity contribution in [3.63, 3.8) is 0 Å². The van der Waals surface area contributed by atoms with Gasteiger partial charge in [-0.3, -0.25) is 0 Å². The van der Waals surface area contributed by atoms with E-state index in [-0.39, 0.29) is 6.61 Å². The van der Waals surface area contributed by atoms with Crippen molar-refractivity contribution in [2.24, 2.45) is 0 Å². The summed E-state index contributed by atoms with van der Waals surface area (Å²) in [5.74, 6) is 0.804. The highest BCUT2D eigenvalue weighted by atomic mass is 79.9. The van der Waals surface area contributed by atoms with E-state index < -0.39 is 0 Å². The van der Waals surface area contributed by atoms with Gasteiger partial charge in [0.05, 0.1) is 6.61 Å². The number of imidazole rings is 1. The van der Waals surface area contributed by atoms with Crippen molar-refractivity contribution in [1.29, 1.82) is 0 Å². The van der Waals surface area contributed by atoms with Gasteiger partial charge in [0, 0.05) is 12.0 Å². The van der Waals surface area contributed by atoms with Gasteiger partial charge in [0.1, 0.15) is 16.1 Å². The van der Waals surface area contributed by atoms with Crippen LogP contribution in [0.1, 0.15) is 22.5 Å². The molecule has 0 atom stereocenters. The zero-order valence-corrected chi connectivity index (χ0v) is 12.4. The van der Waals surface area contributed by atoms with Gasteiger partial charge >= 0.3 is 0 Å². The minimum Gasteiger partial charge on any atom is -0.396 e. The second-order valence-electron chi connectivity index (χ2n) is 4.59. The van der Waals surface area contributed by atoms with Gasteiger partial charge in [-0.05, 0) is 47.8 Å². The van der Waals surface area contributed by atoms with Gasteiger partial charge in [-0.25, -0.2) is 4.98 Å². The van der Waals surface area contributed by atoms with E-state index in [0.717, 1.165) is 21.7 Å². The largest absolute Gasteiger partial charge is 0.396 e. The molecule has 18 heavy (non-hydrogen) atoms. The molecule has 0 aliphatic carbocycles. The smallest absolute Gasteiger partial charge is 0.110 e. The molecule has 1 heterocycles. The van der Waals surface area contributed by atoms with Crippen LogP contribution in [0, 0.1) is 20.8 Å². The summed E-state index contributed by atoms with van der Waals surface area (Å²) in [5, 5.41) is 8.96. The number of hydrogen-bond acceptors (Lipinski definition) is 2. The monoisotopic (exact) mass is 308 g/mol. The molecule has 0 bridgehead atoms. The van der Waals surface area contributed by atoms with E-state index in [1.807, 2.05) is 0 Å². The summed E-state index contributed by atoms with van der Waals surface area (Å²) in [7, 11) is 0. The highest BCUT2D eigenvalue weighted by molar-refractivity contribution is 9.10. The number of aromatic amines is 1. The normalized spacial score (nSPS) is 10.9. The maximum atomic E-state index is 8.96. The summed E-state index contributed by atoms with van der Waals surface area (Å²) in [6, 6.07) is 4.32. The number of aliphatic hydroxyl groups excluding tert-OH is 1. The lowest BCUT2D eigenvalue weighted by atomic mass is 9.98. The van der Waals surface area contributed by atoms with Crippen LogP contribution in [0.15, 0.2) is 16.7 Å². The highest BCUT2D eigenvalue weighted by Crippen LogP contribution is 2.32. The van der Waals surface area contributed by atoms with Crippen molar-refractivity contribution in [2.75, 3.05) is 6.61 Å². The maximum absolute atomic E-state index is 8.96. The zero-order chi connectivity index (χ0) is 13.3. The lowest BCUT2D eigenvalue weighted by molar-refractivity contribution is 0.297. The van der Waals surface area contributed by atoms with Crippen molar-refractivity contribution in [2.45, 2.75) is 27.2 Å². The van der Waals surface area contributed by atoms with Gasteiger partial charge in [-0.1, -0.05) is 17.7 Å². The van der Waals surface area contributed by atoms with Crippen LogP contribution in [-0.2, 0) is 6.42 Å². The number of benzene rings is 1. The van der Waals surface area contributed by atoms with Crippen LogP contribution in [0.2, 0.25) is 0 Å². The molecule has 0 radical (unpaired) electrons. The number of hydrogen-bond donors (Lipinski definition) is 2. The molecular formula is C14H17BrN2O. The molecule has 0 aliphatic rings. The molecule has 0 saturated carbocycles. The summed E-state index contributed by atoms with van der Waals surface area (Å²) in [6.07, 6.45) is 0.544. The molecule has 1 aromatic carbocycles. The number of nitrogens with zero attached hydrogens (tertiary/aromatic N) is 1. The summed E-state index contributed by atoms with van der Waals surface area (Å²) < 4.78 is 0.876. The average molecular weight is 309 g/mol. The van der Waals surface area contributed by atoms with Gasteiger partial charge in [-0.2, -0.15) is 0 Å². The first-order valence-corrected chi connectivity index (χ1v) is 6.75. The molecule has 96 valence electrons. The molecule has 0 aliphatic heterocycles. The van der Waals surface area contributed by atoms with E-state index in [2.05, 4.69) is 58.8 Å². The topological polar surface area (TPSA) is 48.9 Å². The molecule has 2 N–H and O–H groups in total. The fraction of sp³-hybridized carbons (Fsp3) is 0.357. The number of H-pyrrole nitrogens is 1. The van der Waals surface area contributed by atoms with E-state index in [0.29, 0.717) is 6.42 Å². The van der Waals surface area contributed by atoms with Crippen molar-refractivity contribution in [1.82, 2.24) is 9.97 Å². The number of aryl methyl sites for hydroxylation is 3. The molecule has 0 spiro atoms. The Morgan fingerprint density at radius 1 is 1.22 bits per heavy atom. The Hall–Kier alpha value is -1.13. The molecule has 0 amide bonds. The van der Waals surface area contributed by atoms with Gasteiger partial charge in [0.2, 0.25) is 0 Å². The lowest BCUT2D eigenvalue weighted by Gasteiger charge is -2.09. The first kappa shape index (κ1) is 13.3. The average Bonchev–Trinajstić information content (AvgIpc) is 2.59. The van der Waals surface area contributed by atoms with Crippen molar-refractivity contribution < 1.29 is 5.11 Å². The highest BCUT2D eigenvalue weighted by Gasteiger charge is 2.14. The van der Waals surface area contributed by atoms with Crippen LogP contribution in [0.4, 0.5) is 0 Å². The number of aromatic nitrogens is 2. The van der Waals surface area contributed by atoms with E-state index in [4.69, 9.17) is 5.11 Å². The third-order valence-electron chi connectivity index (χ3n) is 2.97. The van der Waals surface area contributed by atoms with Crippen LogP contribution in [0.5, 0.6) is 0 Å². The third kappa shape index (κ3) is 2.49. The van der Waals surface area contributed by atoms with Crippen molar-refractivity contribution in [3.8, 4) is 11.3 Å². The zero-order valence-electron chi connectivity index (χ0n) is 10.8. The Bertz CT molecular complexity index is 552. The van der Waals surface area contributed by atoms with E-state index in [1.54, 1.807) is 0 Å². The predicted molar refractivity (Wildman–Crippen MR) is 76.7 cm³/mol. The molecule has 1 aromatic heterocycles. The van der Waals surface area contributed by atoms with E-state index >= 15 is 0 Å².